The summed E-state index contributed by atoms with van der Waals surface area (Å²) in [6, 6.07) is 5.63. The van der Waals surface area contributed by atoms with Crippen molar-refractivity contribution in [3.05, 3.63) is 35.4 Å². The number of hydrogen-bond donors (Lipinski definition) is 1. The van der Waals surface area contributed by atoms with Gasteiger partial charge >= 0.3 is 5.97 Å². The fourth-order valence-electron chi connectivity index (χ4n) is 2.53. The molecular weight excluding hydrogens is 315 g/mol. The molecule has 0 aromatic heterocycles. The van der Waals surface area contributed by atoms with E-state index in [1.807, 2.05) is 0 Å². The Hall–Kier alpha value is -2.28. The summed E-state index contributed by atoms with van der Waals surface area (Å²) in [5.74, 6) is -1.50. The van der Waals surface area contributed by atoms with E-state index in [9.17, 15) is 18.8 Å². The molecule has 0 aliphatic carbocycles. The zero-order valence-electron chi connectivity index (χ0n) is 13.5. The highest BCUT2D eigenvalue weighted by Crippen LogP contribution is 2.22. The van der Waals surface area contributed by atoms with Crippen LogP contribution in [-0.4, -0.2) is 41.6 Å². The average molecular weight is 336 g/mol. The highest BCUT2D eigenvalue weighted by molar-refractivity contribution is 6.21. The quantitative estimate of drug-likeness (QED) is 0.579. The van der Waals surface area contributed by atoms with Gasteiger partial charge in [-0.2, -0.15) is 0 Å². The predicted octanol–water partition coefficient (Wildman–Crippen LogP) is 2.03. The van der Waals surface area contributed by atoms with Gasteiger partial charge in [0.15, 0.2) is 0 Å². The van der Waals surface area contributed by atoms with Crippen molar-refractivity contribution in [2.45, 2.75) is 45.0 Å². The number of imide groups is 1. The Morgan fingerprint density at radius 2 is 1.79 bits per heavy atom. The monoisotopic (exact) mass is 336 g/mol. The molecule has 1 unspecified atom stereocenters. The first kappa shape index (κ1) is 18.1. The number of nitrogens with two attached hydrogens (primary N) is 1. The van der Waals surface area contributed by atoms with Crippen molar-refractivity contribution >= 4 is 17.8 Å². The topological polar surface area (TPSA) is 89.7 Å². The van der Waals surface area contributed by atoms with Crippen molar-refractivity contribution < 1.29 is 23.5 Å². The van der Waals surface area contributed by atoms with E-state index < -0.39 is 18.4 Å². The summed E-state index contributed by atoms with van der Waals surface area (Å²) in [4.78, 5) is 37.1. The van der Waals surface area contributed by atoms with Gasteiger partial charge in [-0.25, -0.2) is 4.39 Å². The van der Waals surface area contributed by atoms with Gasteiger partial charge in [-0.1, -0.05) is 19.1 Å². The predicted molar refractivity (Wildman–Crippen MR) is 84.9 cm³/mol. The normalized spacial score (nSPS) is 16.0. The summed E-state index contributed by atoms with van der Waals surface area (Å²) < 4.78 is 17.8. The molecule has 1 heterocycles. The molecule has 1 aromatic rings. The summed E-state index contributed by atoms with van der Waals surface area (Å²) in [5, 5.41) is 0. The van der Waals surface area contributed by atoms with Crippen LogP contribution < -0.4 is 5.73 Å². The maximum Gasteiger partial charge on any atom is 0.325 e. The van der Waals surface area contributed by atoms with E-state index in [1.165, 1.54) is 0 Å². The molecule has 0 bridgehead atoms. The number of hydrogen-bond acceptors (Lipinski definition) is 5. The molecule has 2 atom stereocenters. The van der Waals surface area contributed by atoms with Crippen LogP contribution in [0.3, 0.4) is 0 Å². The summed E-state index contributed by atoms with van der Waals surface area (Å²) in [6.07, 6.45) is -0.418. The third-order valence-corrected chi connectivity index (χ3v) is 3.84. The van der Waals surface area contributed by atoms with Gasteiger partial charge < -0.3 is 10.5 Å². The number of rotatable bonds is 8. The zero-order valence-corrected chi connectivity index (χ0v) is 13.5. The van der Waals surface area contributed by atoms with Crippen molar-refractivity contribution in [1.29, 1.82) is 0 Å². The first-order valence-corrected chi connectivity index (χ1v) is 8.01. The summed E-state index contributed by atoms with van der Waals surface area (Å²) in [5.41, 5.74) is 6.43. The Kier molecular flexibility index (Phi) is 6.03. The van der Waals surface area contributed by atoms with Crippen LogP contribution in [0.2, 0.25) is 0 Å². The van der Waals surface area contributed by atoms with Crippen LogP contribution in [-0.2, 0) is 9.53 Å². The number of fused-ring (bicyclic) bond motifs is 1. The number of benzene rings is 1. The SMILES string of the molecule is CCCC(F)OC(=O)[C@H](N)CCCN1C(=O)c2ccccc2C1=O. The second-order valence-corrected chi connectivity index (χ2v) is 5.69. The van der Waals surface area contributed by atoms with Gasteiger partial charge in [-0.15, -0.1) is 0 Å². The molecule has 1 aromatic carbocycles. The number of esters is 1. The number of carbonyl (C=O) groups excluding carboxylic acids is 3. The maximum absolute atomic E-state index is 13.2. The van der Waals surface area contributed by atoms with Gasteiger partial charge in [0.05, 0.1) is 11.1 Å². The Bertz CT molecular complexity index is 600. The van der Waals surface area contributed by atoms with E-state index in [4.69, 9.17) is 5.73 Å². The van der Waals surface area contributed by atoms with Crippen LogP contribution in [0.4, 0.5) is 4.39 Å². The average Bonchev–Trinajstić information content (AvgIpc) is 2.80. The Morgan fingerprint density at radius 3 is 2.33 bits per heavy atom. The van der Waals surface area contributed by atoms with Gasteiger partial charge in [0.25, 0.3) is 11.8 Å². The molecule has 0 radical (unpaired) electrons. The molecule has 2 N–H and O–H groups in total. The molecule has 2 amide bonds. The molecule has 130 valence electrons. The zero-order chi connectivity index (χ0) is 17.7. The van der Waals surface area contributed by atoms with E-state index in [0.717, 1.165) is 4.90 Å². The van der Waals surface area contributed by atoms with E-state index in [2.05, 4.69) is 4.74 Å². The van der Waals surface area contributed by atoms with Gasteiger partial charge in [0.1, 0.15) is 6.04 Å². The van der Waals surface area contributed by atoms with E-state index in [1.54, 1.807) is 31.2 Å². The molecule has 24 heavy (non-hydrogen) atoms. The summed E-state index contributed by atoms with van der Waals surface area (Å²) in [6.45, 7) is 1.93. The fraction of sp³-hybridized carbons (Fsp3) is 0.471. The largest absolute Gasteiger partial charge is 0.430 e. The number of alkyl halides is 1. The van der Waals surface area contributed by atoms with Gasteiger partial charge in [-0.3, -0.25) is 19.3 Å². The first-order chi connectivity index (χ1) is 11.5. The summed E-state index contributed by atoms with van der Waals surface area (Å²) >= 11 is 0. The van der Waals surface area contributed by atoms with E-state index in [0.29, 0.717) is 24.0 Å². The molecule has 6 nitrogen and oxygen atoms in total. The van der Waals surface area contributed by atoms with Gasteiger partial charge in [0, 0.05) is 13.0 Å². The number of ether oxygens (including phenoxy) is 1. The van der Waals surface area contributed by atoms with Crippen LogP contribution in [0, 0.1) is 0 Å². The third-order valence-electron chi connectivity index (χ3n) is 3.84. The van der Waals surface area contributed by atoms with Crippen LogP contribution >= 0.6 is 0 Å². The van der Waals surface area contributed by atoms with Crippen LogP contribution in [0.15, 0.2) is 24.3 Å². The van der Waals surface area contributed by atoms with Crippen molar-refractivity contribution in [1.82, 2.24) is 4.90 Å². The molecule has 7 heteroatoms. The Labute approximate surface area is 139 Å². The van der Waals surface area contributed by atoms with Crippen molar-refractivity contribution in [2.75, 3.05) is 6.54 Å². The van der Waals surface area contributed by atoms with Crippen molar-refractivity contribution in [2.24, 2.45) is 5.73 Å². The molecule has 0 spiro atoms. The Morgan fingerprint density at radius 1 is 1.21 bits per heavy atom. The van der Waals surface area contributed by atoms with Crippen LogP contribution in [0.5, 0.6) is 0 Å². The number of halogens is 1. The minimum Gasteiger partial charge on any atom is -0.430 e. The standard InChI is InChI=1S/C17H21FN2O4/c1-2-6-14(18)24-17(23)13(19)9-5-10-20-15(21)11-7-3-4-8-12(11)16(20)22/h3-4,7-8,13-14H,2,5-6,9-10,19H2,1H3/t13-,14?/m1/s1. The number of amides is 2. The van der Waals surface area contributed by atoms with Crippen LogP contribution in [0.25, 0.3) is 0 Å². The lowest BCUT2D eigenvalue weighted by Crippen LogP contribution is -2.36. The van der Waals surface area contributed by atoms with E-state index in [-0.39, 0.29) is 31.2 Å². The highest BCUT2D eigenvalue weighted by Gasteiger charge is 2.34. The first-order valence-electron chi connectivity index (χ1n) is 8.01. The van der Waals surface area contributed by atoms with Gasteiger partial charge in [0.2, 0.25) is 6.36 Å². The van der Waals surface area contributed by atoms with Gasteiger partial charge in [-0.05, 0) is 31.4 Å². The van der Waals surface area contributed by atoms with E-state index >= 15 is 0 Å². The molecule has 1 aliphatic heterocycles. The third kappa shape index (κ3) is 3.97. The highest BCUT2D eigenvalue weighted by atomic mass is 19.1. The summed E-state index contributed by atoms with van der Waals surface area (Å²) in [7, 11) is 0. The minimum atomic E-state index is -1.65. The second-order valence-electron chi connectivity index (χ2n) is 5.69. The molecule has 1 aliphatic rings. The molecule has 2 rings (SSSR count). The number of nitrogens with zero attached hydrogens (tertiary/aromatic N) is 1. The molecule has 0 saturated carbocycles. The second kappa shape index (κ2) is 8.01. The molecule has 0 saturated heterocycles. The smallest absolute Gasteiger partial charge is 0.325 e. The maximum atomic E-state index is 13.2. The van der Waals surface area contributed by atoms with Crippen molar-refractivity contribution in [3.8, 4) is 0 Å². The van der Waals surface area contributed by atoms with Crippen LogP contribution in [0.1, 0.15) is 53.3 Å². The fourth-order valence-corrected chi connectivity index (χ4v) is 2.53. The lowest BCUT2D eigenvalue weighted by atomic mass is 10.1. The minimum absolute atomic E-state index is 0.132. The molecule has 0 fully saturated rings. The Balaban J connectivity index is 1.81. The molecular formula is C17H21FN2O4. The lowest BCUT2D eigenvalue weighted by molar-refractivity contribution is -0.160. The van der Waals surface area contributed by atoms with Crippen molar-refractivity contribution in [3.63, 3.8) is 0 Å². The lowest BCUT2D eigenvalue weighted by Gasteiger charge is -2.16. The number of carbonyl (C=O) groups is 3.